The van der Waals surface area contributed by atoms with Crippen LogP contribution >= 0.6 is 23.5 Å². The fourth-order valence-electron chi connectivity index (χ4n) is 5.51. The van der Waals surface area contributed by atoms with Gasteiger partial charge in [-0.1, -0.05) is 13.8 Å². The number of aromatic nitrogens is 4. The smallest absolute Gasteiger partial charge is 0.402 e. The van der Waals surface area contributed by atoms with Crippen molar-refractivity contribution in [3.05, 3.63) is 23.9 Å². The maximum absolute atomic E-state index is 12.7. The average molecular weight is 873 g/mol. The van der Waals surface area contributed by atoms with Crippen LogP contribution in [0.1, 0.15) is 52.2 Å². The number of fused-ring (bicyclic) bond motifs is 1. The van der Waals surface area contributed by atoms with Crippen LogP contribution in [0.4, 0.5) is 5.82 Å². The van der Waals surface area contributed by atoms with Crippen molar-refractivity contribution in [2.75, 3.05) is 32.0 Å². The first kappa shape index (κ1) is 46.1. The van der Waals surface area contributed by atoms with Crippen molar-refractivity contribution in [3.63, 3.8) is 0 Å². The van der Waals surface area contributed by atoms with Crippen molar-refractivity contribution >= 4 is 63.8 Å². The lowest BCUT2D eigenvalue weighted by Gasteiger charge is -2.30. The standard InChI is InChI=1S/C28H43N8O18P3/c1-28(2,23(41)26(42)32-8-6-19(39)31-7-5-17(38)15-9-14(37)3-4-16(15)29)11-51-57(48,49)54-56(46,47)50-10-18-22(53-55(43,44)45)21(40)27(52-18)36-13-35-20-24(30)33-12-34-25(20)36/h12-13,18,21-23,27,40-41H,3-11,29H2,1-2H3,(H,31,39)(H,32,42)(H,46,47)(H,48,49)(H2,30,33,34)(H2,43,44,45)/t18-,21-,22-,23?,27-/m1/s1. The highest BCUT2D eigenvalue weighted by Gasteiger charge is 2.50. The number of amides is 2. The van der Waals surface area contributed by atoms with Gasteiger partial charge in [0.05, 0.1) is 19.5 Å². The number of anilines is 1. The summed E-state index contributed by atoms with van der Waals surface area (Å²) in [6.07, 6.45) is -6.71. The predicted octanol–water partition coefficient (Wildman–Crippen LogP) is -1.67. The number of hydrogen-bond acceptors (Lipinski definition) is 19. The van der Waals surface area contributed by atoms with E-state index in [4.69, 9.17) is 25.3 Å². The quantitative estimate of drug-likeness (QED) is 0.0665. The van der Waals surface area contributed by atoms with Gasteiger partial charge in [0, 0.05) is 55.5 Å². The van der Waals surface area contributed by atoms with E-state index in [-0.39, 0.29) is 72.9 Å². The highest BCUT2D eigenvalue weighted by Crippen LogP contribution is 2.61. The first-order valence-electron chi connectivity index (χ1n) is 16.8. The molecule has 0 spiro atoms. The number of nitrogen functional groups attached to an aromatic ring is 1. The first-order chi connectivity index (χ1) is 26.4. The molecule has 12 N–H and O–H groups in total. The van der Waals surface area contributed by atoms with Crippen LogP contribution in [0.2, 0.25) is 0 Å². The van der Waals surface area contributed by atoms with Crippen molar-refractivity contribution < 1.29 is 85.3 Å². The SMILES string of the molecule is CC(C)(COP(=O)(O)OP(=O)(O)OC[C@H]1O[C@@H](n2cnc3c(N)ncnc32)[C@H](O)[C@@H]1OP(=O)(O)O)C(O)C(=O)NCCC(=O)NCCC(=O)C1=C(N)CCC(=O)C1. The van der Waals surface area contributed by atoms with Crippen LogP contribution in [0.25, 0.3) is 11.2 Å². The van der Waals surface area contributed by atoms with Crippen LogP contribution in [0.5, 0.6) is 0 Å². The van der Waals surface area contributed by atoms with Crippen molar-refractivity contribution in [1.82, 2.24) is 30.2 Å². The van der Waals surface area contributed by atoms with E-state index in [1.165, 1.54) is 13.8 Å². The summed E-state index contributed by atoms with van der Waals surface area (Å²) in [6.45, 7) is 0.0618. The molecular weight excluding hydrogens is 829 g/mol. The third-order valence-corrected chi connectivity index (χ3v) is 11.6. The summed E-state index contributed by atoms with van der Waals surface area (Å²) in [4.78, 5) is 99.7. The summed E-state index contributed by atoms with van der Waals surface area (Å²) in [5.41, 5.74) is 10.6. The molecule has 2 aromatic heterocycles. The van der Waals surface area contributed by atoms with Gasteiger partial charge in [0.25, 0.3) is 0 Å². The lowest BCUT2D eigenvalue weighted by Crippen LogP contribution is -2.46. The minimum atomic E-state index is -5.59. The lowest BCUT2D eigenvalue weighted by atomic mass is 9.87. The molecule has 3 heterocycles. The van der Waals surface area contributed by atoms with Crippen molar-refractivity contribution in [2.24, 2.45) is 11.1 Å². The third kappa shape index (κ3) is 12.7. The largest absolute Gasteiger partial charge is 0.481 e. The van der Waals surface area contributed by atoms with Crippen molar-refractivity contribution in [2.45, 2.75) is 76.6 Å². The molecule has 318 valence electrons. The van der Waals surface area contributed by atoms with Crippen LogP contribution in [0.15, 0.2) is 23.9 Å². The number of carbonyl (C=O) groups excluding carboxylic acids is 4. The molecule has 26 nitrogen and oxygen atoms in total. The Hall–Kier alpha value is -3.58. The fraction of sp³-hybridized carbons (Fsp3) is 0.607. The zero-order valence-electron chi connectivity index (χ0n) is 30.3. The van der Waals surface area contributed by atoms with Gasteiger partial charge in [0.2, 0.25) is 11.8 Å². The van der Waals surface area contributed by atoms with Gasteiger partial charge in [0.1, 0.15) is 42.0 Å². The van der Waals surface area contributed by atoms with Crippen molar-refractivity contribution in [1.29, 1.82) is 0 Å². The van der Waals surface area contributed by atoms with Gasteiger partial charge in [-0.2, -0.15) is 4.31 Å². The Kier molecular flexibility index (Phi) is 15.0. The Morgan fingerprint density at radius 2 is 1.68 bits per heavy atom. The number of aliphatic hydroxyl groups is 2. The third-order valence-electron chi connectivity index (χ3n) is 8.52. The number of phosphoric acid groups is 3. The number of hydrogen-bond donors (Lipinski definition) is 10. The van der Waals surface area contributed by atoms with Crippen LogP contribution < -0.4 is 22.1 Å². The van der Waals surface area contributed by atoms with E-state index in [1.54, 1.807) is 0 Å². The molecule has 3 unspecified atom stereocenters. The first-order valence-corrected chi connectivity index (χ1v) is 21.3. The highest BCUT2D eigenvalue weighted by atomic mass is 31.3. The number of ether oxygens (including phenoxy) is 1. The van der Waals surface area contributed by atoms with Gasteiger partial charge < -0.3 is 56.6 Å². The number of ketones is 2. The number of imidazole rings is 1. The number of nitrogens with two attached hydrogens (primary N) is 2. The normalized spacial score (nSPS) is 23.2. The molecule has 0 saturated carbocycles. The van der Waals surface area contributed by atoms with Gasteiger partial charge in [-0.25, -0.2) is 28.6 Å². The second-order valence-corrected chi connectivity index (χ2v) is 17.7. The van der Waals surface area contributed by atoms with Gasteiger partial charge in [-0.15, -0.1) is 0 Å². The molecule has 1 aliphatic heterocycles. The Morgan fingerprint density at radius 1 is 1.02 bits per heavy atom. The summed E-state index contributed by atoms with van der Waals surface area (Å²) >= 11 is 0. The van der Waals surface area contributed by atoms with Crippen molar-refractivity contribution in [3.8, 4) is 0 Å². The number of aliphatic hydroxyl groups excluding tert-OH is 2. The zero-order chi connectivity index (χ0) is 42.5. The number of nitrogens with zero attached hydrogens (tertiary/aromatic N) is 4. The minimum Gasteiger partial charge on any atom is -0.402 e. The van der Waals surface area contributed by atoms with Gasteiger partial charge in [-0.3, -0.25) is 37.3 Å². The molecule has 1 aliphatic carbocycles. The predicted molar refractivity (Wildman–Crippen MR) is 189 cm³/mol. The molecule has 7 atom stereocenters. The van der Waals surface area contributed by atoms with Crippen LogP contribution in [0.3, 0.4) is 0 Å². The zero-order valence-corrected chi connectivity index (χ0v) is 33.0. The number of nitrogens with one attached hydrogen (secondary N) is 2. The average Bonchev–Trinajstić information content (AvgIpc) is 3.67. The van der Waals surface area contributed by atoms with E-state index in [0.717, 1.165) is 17.2 Å². The summed E-state index contributed by atoms with van der Waals surface area (Å²) in [6, 6.07) is 0. The number of allylic oxidation sites excluding steroid dienone is 2. The number of phosphoric ester groups is 3. The van der Waals surface area contributed by atoms with E-state index in [9.17, 15) is 62.7 Å². The van der Waals surface area contributed by atoms with Gasteiger partial charge in [0.15, 0.2) is 23.5 Å². The lowest BCUT2D eigenvalue weighted by molar-refractivity contribution is -0.137. The van der Waals surface area contributed by atoms with E-state index in [0.29, 0.717) is 12.1 Å². The topological polar surface area (TPSA) is 407 Å². The summed E-state index contributed by atoms with van der Waals surface area (Å²) in [5, 5.41) is 26.2. The molecule has 1 saturated heterocycles. The summed E-state index contributed by atoms with van der Waals surface area (Å²) < 4.78 is 62.0. The molecule has 2 aliphatic rings. The molecule has 1 fully saturated rings. The van der Waals surface area contributed by atoms with Crippen LogP contribution in [-0.4, -0.2) is 123 Å². The van der Waals surface area contributed by atoms with E-state index in [2.05, 4.69) is 34.4 Å². The van der Waals surface area contributed by atoms with E-state index < -0.39 is 84.6 Å². The Bertz CT molecular complexity index is 2020. The molecule has 29 heteroatoms. The fourth-order valence-corrected chi connectivity index (χ4v) is 8.34. The van der Waals surface area contributed by atoms with Gasteiger partial charge >= 0.3 is 23.5 Å². The molecule has 57 heavy (non-hydrogen) atoms. The molecule has 2 amide bonds. The summed E-state index contributed by atoms with van der Waals surface area (Å²) in [7, 11) is -16.4. The molecule has 0 aromatic carbocycles. The van der Waals surface area contributed by atoms with E-state index >= 15 is 0 Å². The Labute approximate surface area is 322 Å². The van der Waals surface area contributed by atoms with Crippen LogP contribution in [-0.2, 0) is 55.5 Å². The van der Waals surface area contributed by atoms with Crippen LogP contribution in [0, 0.1) is 5.41 Å². The number of Topliss-reactive ketones (excluding diaryl/α,β-unsaturated/α-hetero) is 2. The second-order valence-electron chi connectivity index (χ2n) is 13.5. The monoisotopic (exact) mass is 872 g/mol. The van der Waals surface area contributed by atoms with Gasteiger partial charge in [-0.05, 0) is 6.42 Å². The summed E-state index contributed by atoms with van der Waals surface area (Å²) in [5.74, 6) is -2.10. The minimum absolute atomic E-state index is 0.0211. The molecule has 0 radical (unpaired) electrons. The molecule has 0 bridgehead atoms. The van der Waals surface area contributed by atoms with E-state index in [1.807, 2.05) is 0 Å². The number of rotatable bonds is 20. The highest BCUT2D eigenvalue weighted by molar-refractivity contribution is 7.61. The number of carbonyl (C=O) groups is 4. The molecule has 4 rings (SSSR count). The molecule has 2 aromatic rings. The second kappa shape index (κ2) is 18.6. The Morgan fingerprint density at radius 3 is 2.37 bits per heavy atom. The Balaban J connectivity index is 1.24. The maximum Gasteiger partial charge on any atom is 0.481 e. The molecular formula is C28H43N8O18P3. The maximum atomic E-state index is 12.7.